The van der Waals surface area contributed by atoms with E-state index in [4.69, 9.17) is 4.74 Å². The summed E-state index contributed by atoms with van der Waals surface area (Å²) in [4.78, 5) is 24.5. The van der Waals surface area contributed by atoms with E-state index in [1.807, 2.05) is 29.4 Å². The van der Waals surface area contributed by atoms with Crippen molar-refractivity contribution in [3.8, 4) is 5.75 Å². The van der Waals surface area contributed by atoms with Gasteiger partial charge < -0.3 is 9.64 Å². The molecule has 2 unspecified atom stereocenters. The van der Waals surface area contributed by atoms with Gasteiger partial charge in [-0.25, -0.2) is 9.97 Å². The number of thioether (sulfide) groups is 1. The molecule has 1 aromatic heterocycles. The zero-order chi connectivity index (χ0) is 23.9. The maximum Gasteiger partial charge on any atom is 0.257 e. The van der Waals surface area contributed by atoms with Crippen molar-refractivity contribution in [2.24, 2.45) is 0 Å². The summed E-state index contributed by atoms with van der Waals surface area (Å²) in [5.41, 5.74) is 3.75. The number of carbonyl (C=O) groups excluding carboxylic acids is 1. The minimum Gasteiger partial charge on any atom is -0.486 e. The molecule has 0 fully saturated rings. The first-order chi connectivity index (χ1) is 16.6. The highest BCUT2D eigenvalue weighted by atomic mass is 32.2. The molecule has 1 amide bonds. The van der Waals surface area contributed by atoms with E-state index >= 15 is 0 Å². The van der Waals surface area contributed by atoms with E-state index in [2.05, 4.69) is 60.2 Å². The second-order valence-corrected chi connectivity index (χ2v) is 9.65. The minimum atomic E-state index is 0.00803. The van der Waals surface area contributed by atoms with Gasteiger partial charge in [-0.1, -0.05) is 74.5 Å². The molecule has 178 valence electrons. The van der Waals surface area contributed by atoms with Gasteiger partial charge in [0, 0.05) is 19.3 Å². The molecule has 0 bridgehead atoms. The fraction of sp³-hybridized carbons (Fsp3) is 0.393. The summed E-state index contributed by atoms with van der Waals surface area (Å²) in [5.74, 6) is 1.09. The number of hydrogen-bond donors (Lipinski definition) is 0. The topological polar surface area (TPSA) is 55.3 Å². The number of nitrogens with zero attached hydrogens (tertiary/aromatic N) is 3. The van der Waals surface area contributed by atoms with Gasteiger partial charge in [0.15, 0.2) is 5.16 Å². The standard InChI is InChI=1S/C28H33N3O2S/c1-4-10-25(22-13-6-5-7-14-22)33-23-15-8-12-21(17-23)19-31-16-9-11-20(2)26-24(27(31)32)18-29-28(30-26)34-3/h5-8,12-15,17-18,20,25H,4,9-11,16,19H2,1-3H3. The third-order valence-corrected chi connectivity index (χ3v) is 6.86. The van der Waals surface area contributed by atoms with Crippen LogP contribution in [0, 0.1) is 0 Å². The number of ether oxygens (including phenoxy) is 1. The van der Waals surface area contributed by atoms with E-state index in [-0.39, 0.29) is 17.9 Å². The zero-order valence-corrected chi connectivity index (χ0v) is 21.1. The maximum atomic E-state index is 13.5. The first-order valence-electron chi connectivity index (χ1n) is 12.1. The second-order valence-electron chi connectivity index (χ2n) is 8.88. The number of aromatic nitrogens is 2. The SMILES string of the molecule is CCCC(Oc1cccc(CN2CCCC(C)c3nc(SC)ncc3C2=O)c1)c1ccccc1. The van der Waals surface area contributed by atoms with E-state index in [1.54, 1.807) is 6.20 Å². The summed E-state index contributed by atoms with van der Waals surface area (Å²) in [6.07, 6.45) is 7.63. The van der Waals surface area contributed by atoms with Crippen LogP contribution in [0.3, 0.4) is 0 Å². The predicted octanol–water partition coefficient (Wildman–Crippen LogP) is 6.66. The lowest BCUT2D eigenvalue weighted by Crippen LogP contribution is -2.34. The Kier molecular flexibility index (Phi) is 8.22. The molecule has 6 heteroatoms. The van der Waals surface area contributed by atoms with Gasteiger partial charge in [0.05, 0.1) is 11.3 Å². The van der Waals surface area contributed by atoms with E-state index in [0.717, 1.165) is 54.4 Å². The van der Waals surface area contributed by atoms with Gasteiger partial charge in [0.25, 0.3) is 5.91 Å². The average Bonchev–Trinajstić information content (AvgIpc) is 2.87. The molecule has 2 atom stereocenters. The first kappa shape index (κ1) is 24.3. The molecule has 0 spiro atoms. The van der Waals surface area contributed by atoms with Crippen LogP contribution in [0.2, 0.25) is 0 Å². The zero-order valence-electron chi connectivity index (χ0n) is 20.2. The van der Waals surface area contributed by atoms with Gasteiger partial charge in [-0.15, -0.1) is 0 Å². The molecule has 0 saturated carbocycles. The average molecular weight is 476 g/mol. The predicted molar refractivity (Wildman–Crippen MR) is 137 cm³/mol. The highest BCUT2D eigenvalue weighted by molar-refractivity contribution is 7.98. The number of amides is 1. The van der Waals surface area contributed by atoms with Crippen LogP contribution >= 0.6 is 11.8 Å². The summed E-state index contributed by atoms with van der Waals surface area (Å²) < 4.78 is 6.41. The Bertz CT molecular complexity index is 1110. The monoisotopic (exact) mass is 475 g/mol. The highest BCUT2D eigenvalue weighted by Crippen LogP contribution is 2.30. The Morgan fingerprint density at radius 3 is 2.76 bits per heavy atom. The van der Waals surface area contributed by atoms with Crippen LogP contribution in [0.4, 0.5) is 0 Å². The van der Waals surface area contributed by atoms with Gasteiger partial charge in [-0.3, -0.25) is 4.79 Å². The van der Waals surface area contributed by atoms with Crippen molar-refractivity contribution in [2.75, 3.05) is 12.8 Å². The van der Waals surface area contributed by atoms with Crippen LogP contribution in [0.5, 0.6) is 5.75 Å². The highest BCUT2D eigenvalue weighted by Gasteiger charge is 2.26. The molecule has 2 heterocycles. The lowest BCUT2D eigenvalue weighted by atomic mass is 9.95. The number of benzene rings is 2. The number of carbonyl (C=O) groups is 1. The lowest BCUT2D eigenvalue weighted by molar-refractivity contribution is 0.0729. The molecule has 4 rings (SSSR count). The Hall–Kier alpha value is -2.86. The minimum absolute atomic E-state index is 0.00803. The number of fused-ring (bicyclic) bond motifs is 1. The van der Waals surface area contributed by atoms with Crippen molar-refractivity contribution in [1.82, 2.24) is 14.9 Å². The molecule has 0 aliphatic carbocycles. The van der Waals surface area contributed by atoms with E-state index < -0.39 is 0 Å². The molecular weight excluding hydrogens is 442 g/mol. The van der Waals surface area contributed by atoms with Crippen LogP contribution in [0.1, 0.15) is 78.7 Å². The van der Waals surface area contributed by atoms with Crippen LogP contribution in [-0.2, 0) is 6.54 Å². The molecule has 2 aromatic carbocycles. The summed E-state index contributed by atoms with van der Waals surface area (Å²) >= 11 is 1.51. The Morgan fingerprint density at radius 2 is 2.00 bits per heavy atom. The number of hydrogen-bond acceptors (Lipinski definition) is 5. The smallest absolute Gasteiger partial charge is 0.257 e. The van der Waals surface area contributed by atoms with Crippen LogP contribution in [-0.4, -0.2) is 33.6 Å². The van der Waals surface area contributed by atoms with Crippen molar-refractivity contribution in [3.63, 3.8) is 0 Å². The van der Waals surface area contributed by atoms with Gasteiger partial charge in [0.1, 0.15) is 11.9 Å². The van der Waals surface area contributed by atoms with Crippen molar-refractivity contribution in [2.45, 2.75) is 63.3 Å². The third kappa shape index (κ3) is 5.79. The molecule has 5 nitrogen and oxygen atoms in total. The van der Waals surface area contributed by atoms with Gasteiger partial charge in [-0.05, 0) is 54.7 Å². The van der Waals surface area contributed by atoms with Crippen molar-refractivity contribution in [1.29, 1.82) is 0 Å². The molecule has 34 heavy (non-hydrogen) atoms. The molecule has 1 aliphatic rings. The van der Waals surface area contributed by atoms with E-state index in [1.165, 1.54) is 17.3 Å². The van der Waals surface area contributed by atoms with Crippen molar-refractivity contribution in [3.05, 3.63) is 83.2 Å². The Labute approximate surface area is 207 Å². The fourth-order valence-electron chi connectivity index (χ4n) is 4.49. The molecular formula is C28H33N3O2S. The van der Waals surface area contributed by atoms with Crippen molar-refractivity contribution >= 4 is 17.7 Å². The molecule has 0 saturated heterocycles. The summed E-state index contributed by atoms with van der Waals surface area (Å²) in [7, 11) is 0. The fourth-order valence-corrected chi connectivity index (χ4v) is 4.84. The third-order valence-electron chi connectivity index (χ3n) is 6.30. The van der Waals surface area contributed by atoms with Gasteiger partial charge in [0.2, 0.25) is 0 Å². The lowest BCUT2D eigenvalue weighted by Gasteiger charge is -2.28. The second kappa shape index (κ2) is 11.5. The normalized spacial score (nSPS) is 17.0. The summed E-state index contributed by atoms with van der Waals surface area (Å²) in [6, 6.07) is 18.5. The van der Waals surface area contributed by atoms with Crippen molar-refractivity contribution < 1.29 is 9.53 Å². The summed E-state index contributed by atoms with van der Waals surface area (Å²) in [6.45, 7) is 5.59. The van der Waals surface area contributed by atoms with Crippen LogP contribution in [0.15, 0.2) is 66.0 Å². The quantitative estimate of drug-likeness (QED) is 0.269. The maximum absolute atomic E-state index is 13.5. The van der Waals surface area contributed by atoms with Crippen LogP contribution in [0.25, 0.3) is 0 Å². The van der Waals surface area contributed by atoms with Gasteiger partial charge >= 0.3 is 0 Å². The Balaban J connectivity index is 1.53. The van der Waals surface area contributed by atoms with Crippen LogP contribution < -0.4 is 4.74 Å². The van der Waals surface area contributed by atoms with E-state index in [9.17, 15) is 4.79 Å². The largest absolute Gasteiger partial charge is 0.486 e. The Morgan fingerprint density at radius 1 is 1.18 bits per heavy atom. The molecule has 3 aromatic rings. The molecule has 1 aliphatic heterocycles. The summed E-state index contributed by atoms with van der Waals surface area (Å²) in [5, 5.41) is 0.718. The molecule has 0 radical (unpaired) electrons. The first-order valence-corrected chi connectivity index (χ1v) is 13.3. The molecule has 0 N–H and O–H groups in total. The van der Waals surface area contributed by atoms with Gasteiger partial charge in [-0.2, -0.15) is 0 Å². The number of rotatable bonds is 8. The van der Waals surface area contributed by atoms with E-state index in [0.29, 0.717) is 12.1 Å².